The first-order valence-electron chi connectivity index (χ1n) is 7.15. The second-order valence-electron chi connectivity index (χ2n) is 5.76. The van der Waals surface area contributed by atoms with Gasteiger partial charge in [0.25, 0.3) is 0 Å². The fourth-order valence-corrected chi connectivity index (χ4v) is 2.66. The van der Waals surface area contributed by atoms with Crippen molar-refractivity contribution in [2.24, 2.45) is 0 Å². The molecule has 1 amide bonds. The van der Waals surface area contributed by atoms with E-state index in [1.807, 2.05) is 45.0 Å². The zero-order valence-corrected chi connectivity index (χ0v) is 12.4. The number of aliphatic hydroxyl groups excluding tert-OH is 1. The number of hydrogen-bond donors (Lipinski definition) is 1. The quantitative estimate of drug-likeness (QED) is 0.915. The van der Waals surface area contributed by atoms with E-state index in [0.29, 0.717) is 26.0 Å². The van der Waals surface area contributed by atoms with Crippen LogP contribution in [0.4, 0.5) is 0 Å². The lowest BCUT2D eigenvalue weighted by atomic mass is 9.98. The molecule has 0 aliphatic carbocycles. The molecule has 1 aliphatic heterocycles. The lowest BCUT2D eigenvalue weighted by Gasteiger charge is -2.33. The highest BCUT2D eigenvalue weighted by atomic mass is 16.5. The summed E-state index contributed by atoms with van der Waals surface area (Å²) < 4.78 is 5.38. The average molecular weight is 277 g/mol. The Kier molecular flexibility index (Phi) is 4.33. The molecule has 1 aliphatic rings. The van der Waals surface area contributed by atoms with Crippen molar-refractivity contribution in [3.8, 4) is 5.75 Å². The third-order valence-corrected chi connectivity index (χ3v) is 4.03. The fourth-order valence-electron chi connectivity index (χ4n) is 2.66. The molecule has 0 spiro atoms. The van der Waals surface area contributed by atoms with Gasteiger partial charge >= 0.3 is 0 Å². The van der Waals surface area contributed by atoms with Gasteiger partial charge in [-0.1, -0.05) is 12.1 Å². The Labute approximate surface area is 120 Å². The van der Waals surface area contributed by atoms with Crippen LogP contribution in [0.1, 0.15) is 32.8 Å². The van der Waals surface area contributed by atoms with Gasteiger partial charge in [0.15, 0.2) is 0 Å². The molecule has 1 unspecified atom stereocenters. The molecule has 20 heavy (non-hydrogen) atoms. The Balaban J connectivity index is 2.01. The summed E-state index contributed by atoms with van der Waals surface area (Å²) in [6.07, 6.45) is 0.580. The summed E-state index contributed by atoms with van der Waals surface area (Å²) in [4.78, 5) is 14.2. The molecule has 0 bridgehead atoms. The molecule has 1 N–H and O–H groups in total. The van der Waals surface area contributed by atoms with Crippen LogP contribution in [0.5, 0.6) is 5.75 Å². The van der Waals surface area contributed by atoms with Crippen LogP contribution in [-0.4, -0.2) is 40.7 Å². The number of ether oxygens (including phenoxy) is 1. The molecule has 110 valence electrons. The number of rotatable bonds is 4. The van der Waals surface area contributed by atoms with Crippen molar-refractivity contribution in [3.63, 3.8) is 0 Å². The lowest BCUT2D eigenvalue weighted by Crippen LogP contribution is -2.48. The van der Waals surface area contributed by atoms with Gasteiger partial charge in [-0.2, -0.15) is 0 Å². The van der Waals surface area contributed by atoms with Crippen LogP contribution in [-0.2, 0) is 11.2 Å². The normalized spacial score (nSPS) is 21.0. The van der Waals surface area contributed by atoms with Gasteiger partial charge in [-0.25, -0.2) is 0 Å². The highest BCUT2D eigenvalue weighted by molar-refractivity contribution is 5.80. The molecule has 1 aromatic carbocycles. The summed E-state index contributed by atoms with van der Waals surface area (Å²) in [6.45, 7) is 7.04. The molecule has 0 aromatic heterocycles. The maximum atomic E-state index is 12.4. The smallest absolute Gasteiger partial charge is 0.227 e. The number of carbonyl (C=O) groups is 1. The Morgan fingerprint density at radius 1 is 1.40 bits per heavy atom. The summed E-state index contributed by atoms with van der Waals surface area (Å²) in [7, 11) is 0. The highest BCUT2D eigenvalue weighted by Gasteiger charge is 2.42. The number of aliphatic hydroxyl groups is 1. The van der Waals surface area contributed by atoms with Gasteiger partial charge in [0, 0.05) is 6.54 Å². The number of nitrogens with zero attached hydrogens (tertiary/aromatic N) is 1. The number of amides is 1. The number of likely N-dealkylation sites (tertiary alicyclic amines) is 1. The first-order chi connectivity index (χ1) is 9.45. The third kappa shape index (κ3) is 2.96. The lowest BCUT2D eigenvalue weighted by molar-refractivity contribution is -0.135. The van der Waals surface area contributed by atoms with Crippen LogP contribution >= 0.6 is 0 Å². The maximum absolute atomic E-state index is 12.4. The van der Waals surface area contributed by atoms with Crippen LogP contribution in [0.25, 0.3) is 0 Å². The zero-order chi connectivity index (χ0) is 14.8. The second kappa shape index (κ2) is 5.83. The van der Waals surface area contributed by atoms with Crippen LogP contribution in [0.3, 0.4) is 0 Å². The Hall–Kier alpha value is -1.55. The minimum Gasteiger partial charge on any atom is -0.494 e. The summed E-state index contributed by atoms with van der Waals surface area (Å²) >= 11 is 0. The van der Waals surface area contributed by atoms with Gasteiger partial charge in [0.1, 0.15) is 5.75 Å². The Morgan fingerprint density at radius 2 is 2.05 bits per heavy atom. The van der Waals surface area contributed by atoms with Crippen molar-refractivity contribution in [2.45, 2.75) is 45.3 Å². The first kappa shape index (κ1) is 14.9. The van der Waals surface area contributed by atoms with Crippen molar-refractivity contribution in [3.05, 3.63) is 29.8 Å². The minimum atomic E-state index is -0.470. The van der Waals surface area contributed by atoms with E-state index < -0.39 is 11.6 Å². The highest BCUT2D eigenvalue weighted by Crippen LogP contribution is 2.29. The van der Waals surface area contributed by atoms with Crippen LogP contribution in [0, 0.1) is 0 Å². The molecular formula is C16H23NO3. The van der Waals surface area contributed by atoms with Gasteiger partial charge < -0.3 is 14.7 Å². The molecule has 2 rings (SSSR count). The molecule has 1 saturated heterocycles. The van der Waals surface area contributed by atoms with Gasteiger partial charge in [0.05, 0.1) is 24.7 Å². The van der Waals surface area contributed by atoms with E-state index in [1.54, 1.807) is 4.90 Å². The van der Waals surface area contributed by atoms with E-state index in [1.165, 1.54) is 0 Å². The maximum Gasteiger partial charge on any atom is 0.227 e. The molecule has 4 heteroatoms. The summed E-state index contributed by atoms with van der Waals surface area (Å²) in [5, 5.41) is 9.93. The summed E-state index contributed by atoms with van der Waals surface area (Å²) in [6, 6.07) is 7.61. The van der Waals surface area contributed by atoms with Crippen LogP contribution < -0.4 is 4.74 Å². The zero-order valence-electron chi connectivity index (χ0n) is 12.4. The largest absolute Gasteiger partial charge is 0.494 e. The second-order valence-corrected chi connectivity index (χ2v) is 5.76. The van der Waals surface area contributed by atoms with E-state index in [4.69, 9.17) is 4.74 Å². The molecular weight excluding hydrogens is 254 g/mol. The molecule has 1 heterocycles. The predicted molar refractivity (Wildman–Crippen MR) is 77.7 cm³/mol. The van der Waals surface area contributed by atoms with Crippen molar-refractivity contribution in [2.75, 3.05) is 13.2 Å². The van der Waals surface area contributed by atoms with Crippen molar-refractivity contribution >= 4 is 5.91 Å². The standard InChI is InChI=1S/C16H23NO3/c1-4-20-13-7-5-12(6-8-13)11-15(19)17-10-9-14(18)16(17,2)3/h5-8,14,18H,4,9-11H2,1-3H3. The van der Waals surface area contributed by atoms with Crippen molar-refractivity contribution < 1.29 is 14.6 Å². The first-order valence-corrected chi connectivity index (χ1v) is 7.15. The summed E-state index contributed by atoms with van der Waals surface area (Å²) in [5.74, 6) is 0.885. The van der Waals surface area contributed by atoms with Gasteiger partial charge in [-0.3, -0.25) is 4.79 Å². The van der Waals surface area contributed by atoms with E-state index in [-0.39, 0.29) is 5.91 Å². The average Bonchev–Trinajstić information content (AvgIpc) is 2.67. The number of benzene rings is 1. The van der Waals surface area contributed by atoms with Gasteiger partial charge in [-0.05, 0) is 44.9 Å². The number of hydrogen-bond acceptors (Lipinski definition) is 3. The van der Waals surface area contributed by atoms with E-state index in [2.05, 4.69) is 0 Å². The van der Waals surface area contributed by atoms with Crippen LogP contribution in [0.15, 0.2) is 24.3 Å². The van der Waals surface area contributed by atoms with E-state index >= 15 is 0 Å². The Morgan fingerprint density at radius 3 is 2.55 bits per heavy atom. The Bertz CT molecular complexity index is 467. The third-order valence-electron chi connectivity index (χ3n) is 4.03. The fraction of sp³-hybridized carbons (Fsp3) is 0.562. The van der Waals surface area contributed by atoms with Crippen molar-refractivity contribution in [1.29, 1.82) is 0 Å². The van der Waals surface area contributed by atoms with E-state index in [9.17, 15) is 9.90 Å². The van der Waals surface area contributed by atoms with E-state index in [0.717, 1.165) is 11.3 Å². The molecule has 0 saturated carbocycles. The topological polar surface area (TPSA) is 49.8 Å². The molecule has 4 nitrogen and oxygen atoms in total. The SMILES string of the molecule is CCOc1ccc(CC(=O)N2CCC(O)C2(C)C)cc1. The predicted octanol–water partition coefficient (Wildman–Crippen LogP) is 2.00. The summed E-state index contributed by atoms with van der Waals surface area (Å²) in [5.41, 5.74) is 0.498. The molecule has 0 radical (unpaired) electrons. The minimum absolute atomic E-state index is 0.0655. The van der Waals surface area contributed by atoms with Gasteiger partial charge in [-0.15, -0.1) is 0 Å². The van der Waals surface area contributed by atoms with Crippen molar-refractivity contribution in [1.82, 2.24) is 4.90 Å². The van der Waals surface area contributed by atoms with Crippen LogP contribution in [0.2, 0.25) is 0 Å². The monoisotopic (exact) mass is 277 g/mol. The number of carbonyl (C=O) groups excluding carboxylic acids is 1. The molecule has 1 aromatic rings. The molecule has 1 atom stereocenters. The molecule has 1 fully saturated rings. The van der Waals surface area contributed by atoms with Gasteiger partial charge in [0.2, 0.25) is 5.91 Å².